The number of benzene rings is 2. The molecule has 0 radical (unpaired) electrons. The summed E-state index contributed by atoms with van der Waals surface area (Å²) >= 11 is 1.41. The number of aryl methyl sites for hydroxylation is 1. The van der Waals surface area contributed by atoms with E-state index in [4.69, 9.17) is 9.47 Å². The number of anilines is 2. The van der Waals surface area contributed by atoms with Gasteiger partial charge in [0.25, 0.3) is 17.7 Å². The molecule has 0 saturated carbocycles. The van der Waals surface area contributed by atoms with Crippen molar-refractivity contribution in [3.05, 3.63) is 64.8 Å². The molecule has 4 aromatic rings. The van der Waals surface area contributed by atoms with E-state index in [2.05, 4.69) is 15.6 Å². The lowest BCUT2D eigenvalue weighted by Gasteiger charge is -2.20. The monoisotopic (exact) mass is 656 g/mol. The number of hydrogen-bond donors (Lipinski definition) is 2. The van der Waals surface area contributed by atoms with Crippen molar-refractivity contribution in [3.8, 4) is 11.5 Å². The van der Waals surface area contributed by atoms with Gasteiger partial charge in [0.1, 0.15) is 5.69 Å². The molecule has 0 aliphatic carbocycles. The van der Waals surface area contributed by atoms with E-state index in [1.165, 1.54) is 23.3 Å². The smallest absolute Gasteiger partial charge is 0.272 e. The Morgan fingerprint density at radius 2 is 1.89 bits per heavy atom. The van der Waals surface area contributed by atoms with Gasteiger partial charge < -0.3 is 34.5 Å². The fourth-order valence-corrected chi connectivity index (χ4v) is 6.82. The summed E-state index contributed by atoms with van der Waals surface area (Å²) in [7, 11) is 6.67. The molecule has 0 unspecified atom stereocenters. The zero-order valence-electron chi connectivity index (χ0n) is 26.7. The third kappa shape index (κ3) is 6.70. The first-order valence-corrected chi connectivity index (χ1v) is 16.2. The standard InChI is InChI=1S/C34H36N6O6S/c1-38(2)34(44)30-14-20-13-21(9-10-29(20)47-30)37-32(42)26-15-22(19-39(26)3)36-31(41)8-6-12-46-28-17-25-24(16-27(28)45-4)33(43)40-11-5-7-23(40)18-35-25/h9-10,13-19,23H,5-8,11-12H2,1-4H3,(H,36,41)(H,37,42)/t23-/m0/s1. The van der Waals surface area contributed by atoms with Crippen LogP contribution in [0.25, 0.3) is 10.1 Å². The first-order chi connectivity index (χ1) is 22.6. The lowest BCUT2D eigenvalue weighted by molar-refractivity contribution is -0.116. The van der Waals surface area contributed by atoms with Crippen molar-refractivity contribution in [3.63, 3.8) is 0 Å². The average Bonchev–Trinajstić information content (AvgIpc) is 3.77. The van der Waals surface area contributed by atoms with Crippen LogP contribution in [0.5, 0.6) is 11.5 Å². The molecule has 2 aromatic carbocycles. The molecular weight excluding hydrogens is 620 g/mol. The number of thiophene rings is 1. The van der Waals surface area contributed by atoms with Gasteiger partial charge in [-0.3, -0.25) is 24.2 Å². The Labute approximate surface area is 276 Å². The van der Waals surface area contributed by atoms with Gasteiger partial charge in [-0.25, -0.2) is 0 Å². The van der Waals surface area contributed by atoms with Crippen LogP contribution >= 0.6 is 11.3 Å². The minimum Gasteiger partial charge on any atom is -0.493 e. The molecule has 1 saturated heterocycles. The van der Waals surface area contributed by atoms with E-state index in [0.29, 0.717) is 57.7 Å². The van der Waals surface area contributed by atoms with Crippen molar-refractivity contribution in [2.75, 3.05) is 45.0 Å². The topological polar surface area (TPSA) is 135 Å². The van der Waals surface area contributed by atoms with E-state index < -0.39 is 0 Å². The largest absolute Gasteiger partial charge is 0.493 e. The number of nitrogens with zero attached hydrogens (tertiary/aromatic N) is 4. The van der Waals surface area contributed by atoms with Crippen molar-refractivity contribution < 1.29 is 28.7 Å². The van der Waals surface area contributed by atoms with Gasteiger partial charge in [0, 0.05) is 63.0 Å². The maximum absolute atomic E-state index is 13.1. The highest BCUT2D eigenvalue weighted by molar-refractivity contribution is 7.20. The fourth-order valence-electron chi connectivity index (χ4n) is 5.76. The first-order valence-electron chi connectivity index (χ1n) is 15.3. The van der Waals surface area contributed by atoms with Gasteiger partial charge in [-0.1, -0.05) is 0 Å². The molecule has 1 fully saturated rings. The third-order valence-electron chi connectivity index (χ3n) is 8.18. The molecular formula is C34H36N6O6S. The molecule has 12 nitrogen and oxygen atoms in total. The number of methoxy groups -OCH3 is 1. The quantitative estimate of drug-likeness (QED) is 0.222. The van der Waals surface area contributed by atoms with Crippen molar-refractivity contribution in [1.29, 1.82) is 0 Å². The summed E-state index contributed by atoms with van der Waals surface area (Å²) < 4.78 is 14.0. The summed E-state index contributed by atoms with van der Waals surface area (Å²) in [5.41, 5.74) is 2.49. The van der Waals surface area contributed by atoms with Crippen LogP contribution in [0, 0.1) is 0 Å². The predicted molar refractivity (Wildman–Crippen MR) is 182 cm³/mol. The molecule has 6 rings (SSSR count). The molecule has 47 heavy (non-hydrogen) atoms. The molecule has 2 aliphatic rings. The number of amides is 4. The fraction of sp³-hybridized carbons (Fsp3) is 0.324. The summed E-state index contributed by atoms with van der Waals surface area (Å²) in [4.78, 5) is 59.8. The van der Waals surface area contributed by atoms with Crippen LogP contribution in [0.4, 0.5) is 17.1 Å². The number of carbonyl (C=O) groups excluding carboxylic acids is 4. The van der Waals surface area contributed by atoms with Gasteiger partial charge in [-0.05, 0) is 61.0 Å². The highest BCUT2D eigenvalue weighted by Crippen LogP contribution is 2.38. The lowest BCUT2D eigenvalue weighted by atomic mass is 10.1. The highest BCUT2D eigenvalue weighted by Gasteiger charge is 2.32. The zero-order chi connectivity index (χ0) is 33.2. The summed E-state index contributed by atoms with van der Waals surface area (Å²) in [5, 5.41) is 6.61. The van der Waals surface area contributed by atoms with Gasteiger partial charge in [-0.2, -0.15) is 0 Å². The number of aromatic nitrogens is 1. The number of hydrogen-bond acceptors (Lipinski definition) is 8. The van der Waals surface area contributed by atoms with Crippen LogP contribution in [0.15, 0.2) is 53.7 Å². The molecule has 1 atom stereocenters. The predicted octanol–water partition coefficient (Wildman–Crippen LogP) is 5.32. The normalized spacial score (nSPS) is 15.2. The summed E-state index contributed by atoms with van der Waals surface area (Å²) in [6.45, 7) is 0.960. The first kappa shape index (κ1) is 31.8. The summed E-state index contributed by atoms with van der Waals surface area (Å²) in [6, 6.07) is 12.3. The number of carbonyl (C=O) groups is 4. The molecule has 0 spiro atoms. The van der Waals surface area contributed by atoms with Gasteiger partial charge >= 0.3 is 0 Å². The van der Waals surface area contributed by atoms with Gasteiger partial charge in [0.05, 0.1) is 41.6 Å². The molecule has 13 heteroatoms. The molecule has 4 heterocycles. The third-order valence-corrected chi connectivity index (χ3v) is 9.28. The SMILES string of the molecule is COc1cc2c(cc1OCCCC(=O)Nc1cc(C(=O)Nc3ccc4sc(C(=O)N(C)C)cc4c3)n(C)c1)N=C[C@@H]1CCCN1C2=O. The van der Waals surface area contributed by atoms with Crippen molar-refractivity contribution >= 4 is 68.3 Å². The maximum atomic E-state index is 13.1. The van der Waals surface area contributed by atoms with E-state index in [1.54, 1.807) is 56.2 Å². The van der Waals surface area contributed by atoms with Crippen LogP contribution in [-0.4, -0.2) is 84.6 Å². The summed E-state index contributed by atoms with van der Waals surface area (Å²) in [5.74, 6) is 0.211. The van der Waals surface area contributed by atoms with E-state index in [0.717, 1.165) is 22.9 Å². The van der Waals surface area contributed by atoms with E-state index in [1.807, 2.05) is 29.3 Å². The van der Waals surface area contributed by atoms with Crippen LogP contribution in [0.3, 0.4) is 0 Å². The second kappa shape index (κ2) is 13.3. The van der Waals surface area contributed by atoms with Crippen LogP contribution < -0.4 is 20.1 Å². The Kier molecular flexibility index (Phi) is 8.99. The molecule has 2 aliphatic heterocycles. The molecule has 4 amide bonds. The minimum absolute atomic E-state index is 0.0103. The van der Waals surface area contributed by atoms with Gasteiger partial charge in [0.15, 0.2) is 11.5 Å². The Bertz CT molecular complexity index is 1910. The minimum atomic E-state index is -0.332. The van der Waals surface area contributed by atoms with Crippen molar-refractivity contribution in [2.45, 2.75) is 31.7 Å². The Hall–Kier alpha value is -5.17. The number of aliphatic imine (C=N–C) groups is 1. The van der Waals surface area contributed by atoms with Gasteiger partial charge in [0.2, 0.25) is 5.91 Å². The maximum Gasteiger partial charge on any atom is 0.272 e. The van der Waals surface area contributed by atoms with Crippen LogP contribution in [-0.2, 0) is 11.8 Å². The summed E-state index contributed by atoms with van der Waals surface area (Å²) in [6.07, 6.45) is 5.98. The molecule has 2 aromatic heterocycles. The van der Waals surface area contributed by atoms with Crippen LogP contribution in [0.1, 0.15) is 56.2 Å². The van der Waals surface area contributed by atoms with E-state index in [-0.39, 0.29) is 42.7 Å². The average molecular weight is 657 g/mol. The Morgan fingerprint density at radius 3 is 2.68 bits per heavy atom. The Balaban J connectivity index is 1.02. The van der Waals surface area contributed by atoms with E-state index >= 15 is 0 Å². The van der Waals surface area contributed by atoms with Gasteiger partial charge in [-0.15, -0.1) is 11.3 Å². The lowest BCUT2D eigenvalue weighted by Crippen LogP contribution is -2.35. The molecule has 2 N–H and O–H groups in total. The van der Waals surface area contributed by atoms with Crippen molar-refractivity contribution in [1.82, 2.24) is 14.4 Å². The number of nitrogens with one attached hydrogen (secondary N) is 2. The Morgan fingerprint density at radius 1 is 1.06 bits per heavy atom. The van der Waals surface area contributed by atoms with Crippen LogP contribution in [0.2, 0.25) is 0 Å². The molecule has 244 valence electrons. The number of fused-ring (bicyclic) bond motifs is 3. The second-order valence-corrected chi connectivity index (χ2v) is 12.8. The second-order valence-electron chi connectivity index (χ2n) is 11.7. The van der Waals surface area contributed by atoms with E-state index in [9.17, 15) is 19.2 Å². The molecule has 0 bridgehead atoms. The number of rotatable bonds is 10. The zero-order valence-corrected chi connectivity index (χ0v) is 27.5. The van der Waals surface area contributed by atoms with Crippen molar-refractivity contribution in [2.24, 2.45) is 12.0 Å². The highest BCUT2D eigenvalue weighted by atomic mass is 32.1. The number of ether oxygens (including phenoxy) is 2.